The van der Waals surface area contributed by atoms with E-state index in [0.29, 0.717) is 0 Å². The molecule has 2 heteroatoms. The zero-order valence-corrected chi connectivity index (χ0v) is 11.8. The molecule has 2 aliphatic rings. The van der Waals surface area contributed by atoms with Crippen molar-refractivity contribution in [2.45, 2.75) is 70.9 Å². The third-order valence-electron chi connectivity index (χ3n) is 4.88. The van der Waals surface area contributed by atoms with Crippen molar-refractivity contribution in [3.05, 3.63) is 0 Å². The molecule has 1 aliphatic heterocycles. The van der Waals surface area contributed by atoms with E-state index in [4.69, 9.17) is 0 Å². The van der Waals surface area contributed by atoms with Crippen LogP contribution in [0.1, 0.15) is 58.8 Å². The molecule has 1 N–H and O–H groups in total. The molecule has 17 heavy (non-hydrogen) atoms. The van der Waals surface area contributed by atoms with Gasteiger partial charge in [-0.1, -0.05) is 26.7 Å². The fourth-order valence-electron chi connectivity index (χ4n) is 3.70. The first-order valence-electron chi connectivity index (χ1n) is 7.80. The number of piperidine rings is 1. The topological polar surface area (TPSA) is 15.3 Å². The van der Waals surface area contributed by atoms with Gasteiger partial charge in [0.1, 0.15) is 0 Å². The summed E-state index contributed by atoms with van der Waals surface area (Å²) >= 11 is 0. The van der Waals surface area contributed by atoms with E-state index >= 15 is 0 Å². The van der Waals surface area contributed by atoms with Crippen LogP contribution < -0.4 is 5.32 Å². The van der Waals surface area contributed by atoms with Gasteiger partial charge in [-0.3, -0.25) is 0 Å². The molecule has 0 spiro atoms. The van der Waals surface area contributed by atoms with Gasteiger partial charge in [0, 0.05) is 12.1 Å². The monoisotopic (exact) mass is 238 g/mol. The minimum Gasteiger partial charge on any atom is -0.314 e. The molecule has 0 bridgehead atoms. The molecule has 0 aromatic rings. The molecule has 2 rings (SSSR count). The first kappa shape index (κ1) is 13.4. The second-order valence-corrected chi connectivity index (χ2v) is 5.96. The SMILES string of the molecule is CCNC1CCCC(N2CCC(CC)CC2)C1. The van der Waals surface area contributed by atoms with Crippen molar-refractivity contribution in [1.29, 1.82) is 0 Å². The van der Waals surface area contributed by atoms with Crippen molar-refractivity contribution in [1.82, 2.24) is 10.2 Å². The van der Waals surface area contributed by atoms with Gasteiger partial charge < -0.3 is 10.2 Å². The highest BCUT2D eigenvalue weighted by Gasteiger charge is 2.28. The van der Waals surface area contributed by atoms with E-state index in [2.05, 4.69) is 24.1 Å². The Morgan fingerprint density at radius 3 is 2.47 bits per heavy atom. The minimum absolute atomic E-state index is 0.794. The first-order valence-corrected chi connectivity index (χ1v) is 7.80. The van der Waals surface area contributed by atoms with E-state index in [1.165, 1.54) is 58.0 Å². The number of rotatable bonds is 4. The van der Waals surface area contributed by atoms with Gasteiger partial charge in [0.05, 0.1) is 0 Å². The molecular weight excluding hydrogens is 208 g/mol. The number of hydrogen-bond donors (Lipinski definition) is 1. The minimum atomic E-state index is 0.794. The summed E-state index contributed by atoms with van der Waals surface area (Å²) in [6.45, 7) is 8.44. The zero-order chi connectivity index (χ0) is 12.1. The maximum atomic E-state index is 3.65. The van der Waals surface area contributed by atoms with E-state index in [0.717, 1.165) is 24.5 Å². The van der Waals surface area contributed by atoms with Gasteiger partial charge in [0.15, 0.2) is 0 Å². The molecule has 0 aromatic heterocycles. The molecule has 1 heterocycles. The van der Waals surface area contributed by atoms with Gasteiger partial charge in [0.2, 0.25) is 0 Å². The Balaban J connectivity index is 1.77. The lowest BCUT2D eigenvalue weighted by Gasteiger charge is -2.41. The maximum Gasteiger partial charge on any atom is 0.0110 e. The van der Waals surface area contributed by atoms with Gasteiger partial charge in [-0.05, 0) is 57.7 Å². The standard InChI is InChI=1S/C15H30N2/c1-3-13-8-10-17(11-9-13)15-7-5-6-14(12-15)16-4-2/h13-16H,3-12H2,1-2H3. The van der Waals surface area contributed by atoms with Crippen LogP contribution in [0, 0.1) is 5.92 Å². The van der Waals surface area contributed by atoms with Crippen LogP contribution in [-0.2, 0) is 0 Å². The van der Waals surface area contributed by atoms with Crippen molar-refractivity contribution in [3.63, 3.8) is 0 Å². The van der Waals surface area contributed by atoms with Crippen LogP contribution in [0.15, 0.2) is 0 Å². The van der Waals surface area contributed by atoms with E-state index in [1.54, 1.807) is 0 Å². The third-order valence-corrected chi connectivity index (χ3v) is 4.88. The summed E-state index contributed by atoms with van der Waals surface area (Å²) in [5.74, 6) is 1.01. The normalized spacial score (nSPS) is 32.8. The molecular formula is C15H30N2. The van der Waals surface area contributed by atoms with Crippen molar-refractivity contribution in [2.24, 2.45) is 5.92 Å². The highest BCUT2D eigenvalue weighted by Crippen LogP contribution is 2.28. The van der Waals surface area contributed by atoms with Crippen molar-refractivity contribution in [3.8, 4) is 0 Å². The van der Waals surface area contributed by atoms with E-state index in [9.17, 15) is 0 Å². The van der Waals surface area contributed by atoms with E-state index in [-0.39, 0.29) is 0 Å². The van der Waals surface area contributed by atoms with Crippen molar-refractivity contribution >= 4 is 0 Å². The van der Waals surface area contributed by atoms with Crippen LogP contribution in [0.4, 0.5) is 0 Å². The van der Waals surface area contributed by atoms with Crippen molar-refractivity contribution < 1.29 is 0 Å². The Morgan fingerprint density at radius 1 is 1.06 bits per heavy atom. The van der Waals surface area contributed by atoms with Crippen LogP contribution in [0.25, 0.3) is 0 Å². The summed E-state index contributed by atoms with van der Waals surface area (Å²) in [5.41, 5.74) is 0. The van der Waals surface area contributed by atoms with Gasteiger partial charge in [-0.2, -0.15) is 0 Å². The lowest BCUT2D eigenvalue weighted by molar-refractivity contribution is 0.0956. The van der Waals surface area contributed by atoms with Crippen LogP contribution in [-0.4, -0.2) is 36.6 Å². The molecule has 1 saturated heterocycles. The van der Waals surface area contributed by atoms with E-state index in [1.807, 2.05) is 0 Å². The summed E-state index contributed by atoms with van der Waals surface area (Å²) in [7, 11) is 0. The largest absolute Gasteiger partial charge is 0.314 e. The third kappa shape index (κ3) is 3.69. The Kier molecular flexibility index (Phi) is 5.30. The van der Waals surface area contributed by atoms with Crippen LogP contribution in [0.3, 0.4) is 0 Å². The number of hydrogen-bond acceptors (Lipinski definition) is 2. The summed E-state index contributed by atoms with van der Waals surface area (Å²) in [6.07, 6.45) is 9.94. The molecule has 2 atom stereocenters. The Bertz CT molecular complexity index is 207. The average molecular weight is 238 g/mol. The first-order chi connectivity index (χ1) is 8.33. The predicted molar refractivity (Wildman–Crippen MR) is 74.3 cm³/mol. The maximum absolute atomic E-state index is 3.65. The molecule has 0 aromatic carbocycles. The molecule has 2 fully saturated rings. The Labute approximate surface area is 107 Å². The summed E-state index contributed by atoms with van der Waals surface area (Å²) in [5, 5.41) is 3.65. The highest BCUT2D eigenvalue weighted by molar-refractivity contribution is 4.86. The quantitative estimate of drug-likeness (QED) is 0.810. The predicted octanol–water partition coefficient (Wildman–Crippen LogP) is 3.03. The molecule has 100 valence electrons. The fourth-order valence-corrected chi connectivity index (χ4v) is 3.70. The molecule has 2 nitrogen and oxygen atoms in total. The smallest absolute Gasteiger partial charge is 0.0110 e. The van der Waals surface area contributed by atoms with Gasteiger partial charge >= 0.3 is 0 Å². The summed E-state index contributed by atoms with van der Waals surface area (Å²) in [4.78, 5) is 2.79. The zero-order valence-electron chi connectivity index (χ0n) is 11.8. The van der Waals surface area contributed by atoms with E-state index < -0.39 is 0 Å². The molecule has 2 unspecified atom stereocenters. The van der Waals surface area contributed by atoms with Crippen LogP contribution >= 0.6 is 0 Å². The van der Waals surface area contributed by atoms with Gasteiger partial charge in [-0.15, -0.1) is 0 Å². The highest BCUT2D eigenvalue weighted by atomic mass is 15.2. The molecule has 0 radical (unpaired) electrons. The number of nitrogens with zero attached hydrogens (tertiary/aromatic N) is 1. The van der Waals surface area contributed by atoms with Crippen molar-refractivity contribution in [2.75, 3.05) is 19.6 Å². The summed E-state index contributed by atoms with van der Waals surface area (Å²) in [6, 6.07) is 1.67. The number of likely N-dealkylation sites (tertiary alicyclic amines) is 1. The number of nitrogens with one attached hydrogen (secondary N) is 1. The second-order valence-electron chi connectivity index (χ2n) is 5.96. The molecule has 0 amide bonds. The fraction of sp³-hybridized carbons (Fsp3) is 1.00. The Hall–Kier alpha value is -0.0800. The van der Waals surface area contributed by atoms with Crippen LogP contribution in [0.5, 0.6) is 0 Å². The molecule has 1 saturated carbocycles. The average Bonchev–Trinajstić information content (AvgIpc) is 2.40. The summed E-state index contributed by atoms with van der Waals surface area (Å²) < 4.78 is 0. The van der Waals surface area contributed by atoms with Gasteiger partial charge in [0.25, 0.3) is 0 Å². The molecule has 1 aliphatic carbocycles. The lowest BCUT2D eigenvalue weighted by atomic mass is 9.87. The second kappa shape index (κ2) is 6.75. The van der Waals surface area contributed by atoms with Crippen LogP contribution in [0.2, 0.25) is 0 Å². The Morgan fingerprint density at radius 2 is 1.82 bits per heavy atom. The van der Waals surface area contributed by atoms with Gasteiger partial charge in [-0.25, -0.2) is 0 Å². The lowest BCUT2D eigenvalue weighted by Crippen LogP contribution is -2.47.